The highest BCUT2D eigenvalue weighted by Crippen LogP contribution is 2.16. The standard InChI is InChI=1S/C17H16N2/c1-14-12-17(13-15-8-4-2-5-9-15)19(18-14)16-10-6-3-7-11-16/h2-12H,13H2,1H3. The molecule has 3 aromatic rings. The Labute approximate surface area is 113 Å². The predicted octanol–water partition coefficient (Wildman–Crippen LogP) is 3.77. The van der Waals surface area contributed by atoms with E-state index in [1.165, 1.54) is 11.3 Å². The fourth-order valence-corrected chi connectivity index (χ4v) is 2.28. The van der Waals surface area contributed by atoms with Gasteiger partial charge in [-0.3, -0.25) is 0 Å². The van der Waals surface area contributed by atoms with Gasteiger partial charge in [-0.1, -0.05) is 48.5 Å². The van der Waals surface area contributed by atoms with Gasteiger partial charge in [0.1, 0.15) is 0 Å². The van der Waals surface area contributed by atoms with Crippen molar-refractivity contribution in [1.29, 1.82) is 0 Å². The number of nitrogens with zero attached hydrogens (tertiary/aromatic N) is 2. The minimum atomic E-state index is 0.899. The van der Waals surface area contributed by atoms with Gasteiger partial charge in [0.2, 0.25) is 0 Å². The maximum Gasteiger partial charge on any atom is 0.0649 e. The maximum absolute atomic E-state index is 4.59. The van der Waals surface area contributed by atoms with E-state index in [9.17, 15) is 0 Å². The Balaban J connectivity index is 1.99. The Morgan fingerprint density at radius 1 is 0.895 bits per heavy atom. The van der Waals surface area contributed by atoms with Crippen molar-refractivity contribution >= 4 is 0 Å². The topological polar surface area (TPSA) is 17.8 Å². The lowest BCUT2D eigenvalue weighted by molar-refractivity contribution is 0.813. The molecule has 19 heavy (non-hydrogen) atoms. The van der Waals surface area contributed by atoms with Crippen molar-refractivity contribution in [1.82, 2.24) is 9.78 Å². The molecule has 0 unspecified atom stereocenters. The highest BCUT2D eigenvalue weighted by molar-refractivity contribution is 5.35. The van der Waals surface area contributed by atoms with Gasteiger partial charge < -0.3 is 0 Å². The second-order valence-electron chi connectivity index (χ2n) is 4.69. The van der Waals surface area contributed by atoms with Crippen molar-refractivity contribution in [3.05, 3.63) is 83.7 Å². The van der Waals surface area contributed by atoms with Crippen LogP contribution in [0.25, 0.3) is 5.69 Å². The quantitative estimate of drug-likeness (QED) is 0.690. The van der Waals surface area contributed by atoms with Gasteiger partial charge in [-0.05, 0) is 30.7 Å². The largest absolute Gasteiger partial charge is 0.237 e. The van der Waals surface area contributed by atoms with Crippen LogP contribution in [-0.4, -0.2) is 9.78 Å². The van der Waals surface area contributed by atoms with Gasteiger partial charge >= 0.3 is 0 Å². The van der Waals surface area contributed by atoms with Crippen LogP contribution < -0.4 is 0 Å². The predicted molar refractivity (Wildman–Crippen MR) is 77.5 cm³/mol. The second-order valence-corrected chi connectivity index (χ2v) is 4.69. The lowest BCUT2D eigenvalue weighted by atomic mass is 10.1. The number of hydrogen-bond donors (Lipinski definition) is 0. The number of aryl methyl sites for hydroxylation is 1. The van der Waals surface area contributed by atoms with Crippen molar-refractivity contribution < 1.29 is 0 Å². The average molecular weight is 248 g/mol. The summed E-state index contributed by atoms with van der Waals surface area (Å²) in [4.78, 5) is 0. The Morgan fingerprint density at radius 2 is 1.53 bits per heavy atom. The molecule has 3 rings (SSSR count). The van der Waals surface area contributed by atoms with Gasteiger partial charge in [0.05, 0.1) is 11.4 Å². The summed E-state index contributed by atoms with van der Waals surface area (Å²) in [5.74, 6) is 0. The molecular weight excluding hydrogens is 232 g/mol. The molecule has 0 saturated carbocycles. The zero-order valence-electron chi connectivity index (χ0n) is 11.0. The van der Waals surface area contributed by atoms with E-state index in [4.69, 9.17) is 0 Å². The third kappa shape index (κ3) is 2.58. The summed E-state index contributed by atoms with van der Waals surface area (Å²) in [6, 6.07) is 22.9. The molecule has 0 aliphatic heterocycles. The first-order valence-corrected chi connectivity index (χ1v) is 6.48. The molecule has 0 bridgehead atoms. The fraction of sp³-hybridized carbons (Fsp3) is 0.118. The van der Waals surface area contributed by atoms with Gasteiger partial charge in [-0.15, -0.1) is 0 Å². The van der Waals surface area contributed by atoms with Gasteiger partial charge in [-0.2, -0.15) is 5.10 Å². The second kappa shape index (κ2) is 5.11. The van der Waals surface area contributed by atoms with Gasteiger partial charge in [-0.25, -0.2) is 4.68 Å². The molecule has 1 aromatic heterocycles. The minimum absolute atomic E-state index is 0.899. The maximum atomic E-state index is 4.59. The number of rotatable bonds is 3. The van der Waals surface area contributed by atoms with E-state index in [1.807, 2.05) is 35.9 Å². The summed E-state index contributed by atoms with van der Waals surface area (Å²) in [5, 5.41) is 4.59. The van der Waals surface area contributed by atoms with Crippen LogP contribution in [0.4, 0.5) is 0 Å². The molecule has 0 aliphatic rings. The molecule has 2 heteroatoms. The Kier molecular flexibility index (Phi) is 3.15. The van der Waals surface area contributed by atoms with Crippen LogP contribution in [0, 0.1) is 6.92 Å². The lowest BCUT2D eigenvalue weighted by Crippen LogP contribution is -2.02. The van der Waals surface area contributed by atoms with Gasteiger partial charge in [0.15, 0.2) is 0 Å². The van der Waals surface area contributed by atoms with Crippen LogP contribution in [0.3, 0.4) is 0 Å². The molecular formula is C17H16N2. The molecule has 0 radical (unpaired) electrons. The van der Waals surface area contributed by atoms with Crippen molar-refractivity contribution in [2.75, 3.05) is 0 Å². The summed E-state index contributed by atoms with van der Waals surface area (Å²) in [6.45, 7) is 2.04. The first-order chi connectivity index (χ1) is 9.33. The number of aromatic nitrogens is 2. The zero-order chi connectivity index (χ0) is 13.1. The van der Waals surface area contributed by atoms with E-state index in [1.54, 1.807) is 0 Å². The third-order valence-electron chi connectivity index (χ3n) is 3.13. The molecule has 0 fully saturated rings. The first-order valence-electron chi connectivity index (χ1n) is 6.48. The summed E-state index contributed by atoms with van der Waals surface area (Å²) in [6.07, 6.45) is 0.899. The van der Waals surface area contributed by atoms with Gasteiger partial charge in [0, 0.05) is 12.1 Å². The molecule has 0 spiro atoms. The summed E-state index contributed by atoms with van der Waals surface area (Å²) in [7, 11) is 0. The highest BCUT2D eigenvalue weighted by atomic mass is 15.3. The monoisotopic (exact) mass is 248 g/mol. The number of benzene rings is 2. The summed E-state index contributed by atoms with van der Waals surface area (Å²) >= 11 is 0. The highest BCUT2D eigenvalue weighted by Gasteiger charge is 2.07. The molecule has 0 N–H and O–H groups in total. The van der Waals surface area contributed by atoms with Crippen molar-refractivity contribution in [3.8, 4) is 5.69 Å². The molecule has 0 atom stereocenters. The molecule has 2 nitrogen and oxygen atoms in total. The molecule has 0 amide bonds. The van der Waals surface area contributed by atoms with Crippen molar-refractivity contribution in [2.45, 2.75) is 13.3 Å². The van der Waals surface area contributed by atoms with Crippen molar-refractivity contribution in [3.63, 3.8) is 0 Å². The summed E-state index contributed by atoms with van der Waals surface area (Å²) in [5.41, 5.74) is 4.69. The minimum Gasteiger partial charge on any atom is -0.237 e. The summed E-state index contributed by atoms with van der Waals surface area (Å²) < 4.78 is 2.03. The Hall–Kier alpha value is -2.35. The van der Waals surface area contributed by atoms with E-state index in [-0.39, 0.29) is 0 Å². The average Bonchev–Trinajstić information content (AvgIpc) is 2.82. The smallest absolute Gasteiger partial charge is 0.0649 e. The normalized spacial score (nSPS) is 10.6. The molecule has 2 aromatic carbocycles. The Bertz CT molecular complexity index is 654. The van der Waals surface area contributed by atoms with Crippen LogP contribution in [0.1, 0.15) is 17.0 Å². The van der Waals surface area contributed by atoms with Crippen LogP contribution in [0.2, 0.25) is 0 Å². The van der Waals surface area contributed by atoms with Crippen molar-refractivity contribution in [2.24, 2.45) is 0 Å². The third-order valence-corrected chi connectivity index (χ3v) is 3.13. The van der Waals surface area contributed by atoms with Crippen LogP contribution >= 0.6 is 0 Å². The van der Waals surface area contributed by atoms with Crippen LogP contribution in [-0.2, 0) is 6.42 Å². The molecule has 0 aliphatic carbocycles. The molecule has 1 heterocycles. The molecule has 94 valence electrons. The SMILES string of the molecule is Cc1cc(Cc2ccccc2)n(-c2ccccc2)n1. The van der Waals surface area contributed by atoms with E-state index in [0.29, 0.717) is 0 Å². The fourth-order valence-electron chi connectivity index (χ4n) is 2.28. The zero-order valence-corrected chi connectivity index (χ0v) is 11.0. The Morgan fingerprint density at radius 3 is 2.21 bits per heavy atom. The van der Waals surface area contributed by atoms with Crippen LogP contribution in [0.5, 0.6) is 0 Å². The lowest BCUT2D eigenvalue weighted by Gasteiger charge is -2.07. The van der Waals surface area contributed by atoms with E-state index in [0.717, 1.165) is 17.8 Å². The number of hydrogen-bond acceptors (Lipinski definition) is 1. The van der Waals surface area contributed by atoms with E-state index in [2.05, 4.69) is 47.6 Å². The first kappa shape index (κ1) is 11.7. The van der Waals surface area contributed by atoms with Crippen LogP contribution in [0.15, 0.2) is 66.7 Å². The van der Waals surface area contributed by atoms with Gasteiger partial charge in [0.25, 0.3) is 0 Å². The molecule has 0 saturated heterocycles. The van der Waals surface area contributed by atoms with E-state index >= 15 is 0 Å². The van der Waals surface area contributed by atoms with E-state index < -0.39 is 0 Å². The number of para-hydroxylation sites is 1.